The Hall–Kier alpha value is -0.730. The van der Waals surface area contributed by atoms with Crippen LogP contribution in [-0.4, -0.2) is 20.1 Å². The minimum atomic E-state index is -3.81. The molecule has 0 aliphatic heterocycles. The van der Waals surface area contributed by atoms with E-state index in [-0.39, 0.29) is 23.6 Å². The monoisotopic (exact) mass is 282 g/mol. The molecule has 1 atom stereocenters. The fourth-order valence-corrected chi connectivity index (χ4v) is 2.00. The number of nitrogens with two attached hydrogens (primary N) is 1. The lowest BCUT2D eigenvalue weighted by Gasteiger charge is -2.13. The molecule has 0 saturated carbocycles. The molecule has 0 amide bonds. The van der Waals surface area contributed by atoms with Crippen molar-refractivity contribution in [1.82, 2.24) is 4.72 Å². The molecule has 17 heavy (non-hydrogen) atoms. The van der Waals surface area contributed by atoms with E-state index < -0.39 is 22.1 Å². The first kappa shape index (κ1) is 14.3. The third kappa shape index (κ3) is 4.57. The number of rotatable bonds is 5. The molecular weight excluding hydrogens is 271 g/mol. The van der Waals surface area contributed by atoms with Crippen molar-refractivity contribution in [1.29, 1.82) is 0 Å². The molecule has 5 nitrogen and oxygen atoms in total. The normalized spacial score (nSPS) is 13.6. The molecule has 0 aliphatic carbocycles. The molecule has 4 N–H and O–H groups in total. The van der Waals surface area contributed by atoms with Crippen molar-refractivity contribution in [3.63, 3.8) is 0 Å². The predicted molar refractivity (Wildman–Crippen MR) is 62.1 cm³/mol. The van der Waals surface area contributed by atoms with Crippen LogP contribution >= 0.6 is 11.6 Å². The van der Waals surface area contributed by atoms with Gasteiger partial charge in [-0.3, -0.25) is 0 Å². The van der Waals surface area contributed by atoms with Crippen molar-refractivity contribution < 1.29 is 17.9 Å². The highest BCUT2D eigenvalue weighted by atomic mass is 35.5. The van der Waals surface area contributed by atoms with Crippen LogP contribution in [0.3, 0.4) is 0 Å². The molecular formula is C9H12ClFN2O3S. The minimum Gasteiger partial charge on any atom is -0.388 e. The lowest BCUT2D eigenvalue weighted by Crippen LogP contribution is -2.32. The van der Waals surface area contributed by atoms with Crippen LogP contribution in [0.1, 0.15) is 18.1 Å². The molecule has 1 rings (SSSR count). The Bertz CT molecular complexity index is 475. The molecule has 1 unspecified atom stereocenters. The number of hydrogen-bond acceptors (Lipinski definition) is 3. The van der Waals surface area contributed by atoms with E-state index >= 15 is 0 Å². The average molecular weight is 283 g/mol. The zero-order valence-corrected chi connectivity index (χ0v) is 10.3. The van der Waals surface area contributed by atoms with Crippen LogP contribution in [0.5, 0.6) is 0 Å². The molecule has 0 heterocycles. The number of halogens is 2. The summed E-state index contributed by atoms with van der Waals surface area (Å²) in [5, 5.41) is 14.5. The zero-order valence-electron chi connectivity index (χ0n) is 8.73. The molecule has 0 aliphatic rings. The maximum atomic E-state index is 13.4. The summed E-state index contributed by atoms with van der Waals surface area (Å²) >= 11 is 5.73. The lowest BCUT2D eigenvalue weighted by molar-refractivity contribution is 0.164. The van der Waals surface area contributed by atoms with Gasteiger partial charge in [0.25, 0.3) is 10.2 Å². The van der Waals surface area contributed by atoms with Crippen LogP contribution in [0.4, 0.5) is 4.39 Å². The quantitative estimate of drug-likeness (QED) is 0.742. The van der Waals surface area contributed by atoms with Gasteiger partial charge in [0.05, 0.1) is 6.10 Å². The Labute approximate surface area is 104 Å². The van der Waals surface area contributed by atoms with E-state index in [0.717, 1.165) is 6.07 Å². The Balaban J connectivity index is 2.67. The lowest BCUT2D eigenvalue weighted by atomic mass is 10.1. The van der Waals surface area contributed by atoms with Crippen LogP contribution in [0, 0.1) is 5.82 Å². The van der Waals surface area contributed by atoms with Crippen molar-refractivity contribution in [3.05, 3.63) is 34.6 Å². The predicted octanol–water partition coefficient (Wildman–Crippen LogP) is 0.696. The SMILES string of the molecule is NS(=O)(=O)NCCC(O)c1c(F)cccc1Cl. The van der Waals surface area contributed by atoms with Crippen LogP contribution in [0.25, 0.3) is 0 Å². The smallest absolute Gasteiger partial charge is 0.274 e. The Morgan fingerprint density at radius 3 is 2.71 bits per heavy atom. The maximum Gasteiger partial charge on any atom is 0.274 e. The van der Waals surface area contributed by atoms with Crippen LogP contribution in [0.15, 0.2) is 18.2 Å². The third-order valence-electron chi connectivity index (χ3n) is 2.05. The van der Waals surface area contributed by atoms with Gasteiger partial charge in [0.1, 0.15) is 5.82 Å². The number of aliphatic hydroxyl groups is 1. The summed E-state index contributed by atoms with van der Waals surface area (Å²) < 4.78 is 36.5. The number of nitrogens with one attached hydrogen (secondary N) is 1. The summed E-state index contributed by atoms with van der Waals surface area (Å²) in [4.78, 5) is 0. The van der Waals surface area contributed by atoms with E-state index in [4.69, 9.17) is 16.7 Å². The highest BCUT2D eigenvalue weighted by Gasteiger charge is 2.16. The molecule has 96 valence electrons. The van der Waals surface area contributed by atoms with Crippen LogP contribution in [-0.2, 0) is 10.2 Å². The summed E-state index contributed by atoms with van der Waals surface area (Å²) in [7, 11) is -3.81. The molecule has 0 fully saturated rings. The molecule has 1 aromatic rings. The topological polar surface area (TPSA) is 92.4 Å². The van der Waals surface area contributed by atoms with Gasteiger partial charge in [0.15, 0.2) is 0 Å². The van der Waals surface area contributed by atoms with E-state index in [0.29, 0.717) is 0 Å². The van der Waals surface area contributed by atoms with Gasteiger partial charge in [-0.15, -0.1) is 0 Å². The van der Waals surface area contributed by atoms with Gasteiger partial charge in [-0.2, -0.15) is 8.42 Å². The van der Waals surface area contributed by atoms with E-state index in [1.165, 1.54) is 12.1 Å². The summed E-state index contributed by atoms with van der Waals surface area (Å²) in [6.07, 6.45) is -1.23. The second-order valence-corrected chi connectivity index (χ2v) is 5.17. The van der Waals surface area contributed by atoms with Gasteiger partial charge in [0.2, 0.25) is 0 Å². The largest absolute Gasteiger partial charge is 0.388 e. The van der Waals surface area contributed by atoms with Crippen molar-refractivity contribution >= 4 is 21.8 Å². The second-order valence-electron chi connectivity index (χ2n) is 3.38. The van der Waals surface area contributed by atoms with Crippen molar-refractivity contribution in [2.75, 3.05) is 6.54 Å². The summed E-state index contributed by atoms with van der Waals surface area (Å²) in [5.74, 6) is -0.638. The Morgan fingerprint density at radius 1 is 1.53 bits per heavy atom. The summed E-state index contributed by atoms with van der Waals surface area (Å²) in [6.45, 7) is -0.106. The average Bonchev–Trinajstić information content (AvgIpc) is 2.15. The first-order valence-corrected chi connectivity index (χ1v) is 6.63. The number of benzene rings is 1. The second kappa shape index (κ2) is 5.74. The van der Waals surface area contributed by atoms with E-state index in [1.54, 1.807) is 0 Å². The highest BCUT2D eigenvalue weighted by Crippen LogP contribution is 2.27. The van der Waals surface area contributed by atoms with Crippen molar-refractivity contribution in [2.45, 2.75) is 12.5 Å². The first-order chi connectivity index (χ1) is 7.81. The van der Waals surface area contributed by atoms with Gasteiger partial charge in [-0.25, -0.2) is 14.3 Å². The summed E-state index contributed by atoms with van der Waals surface area (Å²) in [6, 6.07) is 4.02. The van der Waals surface area contributed by atoms with Crippen molar-refractivity contribution in [2.24, 2.45) is 5.14 Å². The minimum absolute atomic E-state index is 0.0307. The third-order valence-corrected chi connectivity index (χ3v) is 2.99. The fourth-order valence-electron chi connectivity index (χ4n) is 1.31. The zero-order chi connectivity index (χ0) is 13.1. The van der Waals surface area contributed by atoms with Gasteiger partial charge in [-0.1, -0.05) is 17.7 Å². The van der Waals surface area contributed by atoms with Crippen LogP contribution < -0.4 is 9.86 Å². The molecule has 0 bridgehead atoms. The summed E-state index contributed by atoms with van der Waals surface area (Å²) in [5.41, 5.74) is -0.0506. The molecule has 0 aromatic heterocycles. The number of aliphatic hydroxyl groups excluding tert-OH is 1. The Morgan fingerprint density at radius 2 is 2.18 bits per heavy atom. The Kier molecular flexibility index (Phi) is 4.84. The molecule has 0 radical (unpaired) electrons. The van der Waals surface area contributed by atoms with Gasteiger partial charge >= 0.3 is 0 Å². The molecule has 0 saturated heterocycles. The van der Waals surface area contributed by atoms with E-state index in [2.05, 4.69) is 0 Å². The first-order valence-electron chi connectivity index (χ1n) is 4.70. The molecule has 1 aromatic carbocycles. The van der Waals surface area contributed by atoms with E-state index in [1.807, 2.05) is 4.72 Å². The highest BCUT2D eigenvalue weighted by molar-refractivity contribution is 7.87. The fraction of sp³-hybridized carbons (Fsp3) is 0.333. The van der Waals surface area contributed by atoms with Gasteiger partial charge < -0.3 is 5.11 Å². The van der Waals surface area contributed by atoms with E-state index in [9.17, 15) is 17.9 Å². The van der Waals surface area contributed by atoms with Crippen molar-refractivity contribution in [3.8, 4) is 0 Å². The molecule has 0 spiro atoms. The maximum absolute atomic E-state index is 13.4. The van der Waals surface area contributed by atoms with Gasteiger partial charge in [0, 0.05) is 17.1 Å². The number of hydrogen-bond donors (Lipinski definition) is 3. The molecule has 8 heteroatoms. The standard InChI is InChI=1S/C9H12ClFN2O3S/c10-6-2-1-3-7(11)9(6)8(14)4-5-13-17(12,15)16/h1-3,8,13-14H,4-5H2,(H2,12,15,16). The van der Waals surface area contributed by atoms with Crippen LogP contribution in [0.2, 0.25) is 5.02 Å². The van der Waals surface area contributed by atoms with Gasteiger partial charge in [-0.05, 0) is 18.6 Å².